The number of nitrogens with one attached hydrogen (secondary N) is 1. The first-order chi connectivity index (χ1) is 8.51. The largest absolute Gasteiger partial charge is 0.381 e. The number of ether oxygens (including phenoxy) is 1. The second-order valence-electron chi connectivity index (χ2n) is 5.25. The van der Waals surface area contributed by atoms with E-state index in [4.69, 9.17) is 10.5 Å². The molecule has 1 atom stereocenters. The second kappa shape index (κ2) is 7.07. The smallest absolute Gasteiger partial charge is 0.237 e. The lowest BCUT2D eigenvalue weighted by Crippen LogP contribution is -2.55. The Hall–Kier alpha value is -0.650. The molecule has 1 aliphatic heterocycles. The second-order valence-corrected chi connectivity index (χ2v) is 5.25. The Kier molecular flexibility index (Phi) is 6.05. The predicted molar refractivity (Wildman–Crippen MR) is 72.4 cm³/mol. The third-order valence-corrected chi connectivity index (χ3v) is 3.91. The van der Waals surface area contributed by atoms with Gasteiger partial charge < -0.3 is 20.7 Å². The van der Waals surface area contributed by atoms with Gasteiger partial charge in [-0.2, -0.15) is 0 Å². The van der Waals surface area contributed by atoms with Gasteiger partial charge in [0, 0.05) is 26.7 Å². The minimum absolute atomic E-state index is 0.267. The number of piperidine rings is 1. The van der Waals surface area contributed by atoms with Crippen LogP contribution in [-0.4, -0.2) is 55.7 Å². The molecule has 0 saturated carbocycles. The quantitative estimate of drug-likeness (QED) is 0.690. The molecule has 1 saturated heterocycles. The Morgan fingerprint density at radius 3 is 2.56 bits per heavy atom. The van der Waals surface area contributed by atoms with Gasteiger partial charge in [-0.25, -0.2) is 0 Å². The van der Waals surface area contributed by atoms with Crippen molar-refractivity contribution in [1.29, 1.82) is 0 Å². The van der Waals surface area contributed by atoms with Crippen LogP contribution in [0, 0.1) is 0 Å². The van der Waals surface area contributed by atoms with Crippen molar-refractivity contribution in [2.75, 3.05) is 33.3 Å². The maximum Gasteiger partial charge on any atom is 0.237 e. The van der Waals surface area contributed by atoms with Gasteiger partial charge in [-0.15, -0.1) is 0 Å². The molecule has 0 radical (unpaired) electrons. The van der Waals surface area contributed by atoms with Crippen LogP contribution in [0.2, 0.25) is 0 Å². The number of hydrogen-bond acceptors (Lipinski definition) is 4. The van der Waals surface area contributed by atoms with E-state index in [9.17, 15) is 4.79 Å². The van der Waals surface area contributed by atoms with Gasteiger partial charge in [-0.05, 0) is 32.7 Å². The van der Waals surface area contributed by atoms with Crippen molar-refractivity contribution in [3.63, 3.8) is 0 Å². The van der Waals surface area contributed by atoms with Gasteiger partial charge >= 0.3 is 0 Å². The van der Waals surface area contributed by atoms with Crippen molar-refractivity contribution in [3.8, 4) is 0 Å². The summed E-state index contributed by atoms with van der Waals surface area (Å²) in [7, 11) is 1.77. The van der Waals surface area contributed by atoms with Gasteiger partial charge in [0.15, 0.2) is 0 Å². The molecule has 0 aliphatic carbocycles. The summed E-state index contributed by atoms with van der Waals surface area (Å²) in [6.07, 6.45) is 3.31. The normalized spacial score (nSPS) is 21.7. The summed E-state index contributed by atoms with van der Waals surface area (Å²) in [5, 5.41) is 3.19. The van der Waals surface area contributed by atoms with E-state index in [1.807, 2.05) is 13.8 Å². The summed E-state index contributed by atoms with van der Waals surface area (Å²) < 4.78 is 5.35. The molecule has 0 aromatic carbocycles. The van der Waals surface area contributed by atoms with Gasteiger partial charge in [-0.1, -0.05) is 6.92 Å². The molecule has 0 aromatic heterocycles. The SMILES string of the molecule is CCNC(C)(CCN1CCC(OC)CC1)C(N)=O. The highest BCUT2D eigenvalue weighted by molar-refractivity contribution is 5.84. The number of primary amides is 1. The minimum Gasteiger partial charge on any atom is -0.381 e. The number of amides is 1. The average molecular weight is 257 g/mol. The molecule has 1 amide bonds. The summed E-state index contributed by atoms with van der Waals surface area (Å²) >= 11 is 0. The molecule has 5 nitrogen and oxygen atoms in total. The third kappa shape index (κ3) is 4.23. The van der Waals surface area contributed by atoms with Crippen molar-refractivity contribution >= 4 is 5.91 Å². The first-order valence-corrected chi connectivity index (χ1v) is 6.82. The number of carbonyl (C=O) groups is 1. The van der Waals surface area contributed by atoms with E-state index in [2.05, 4.69) is 10.2 Å². The van der Waals surface area contributed by atoms with Gasteiger partial charge in [0.25, 0.3) is 0 Å². The van der Waals surface area contributed by atoms with Crippen molar-refractivity contribution in [2.45, 2.75) is 44.8 Å². The van der Waals surface area contributed by atoms with Crippen LogP contribution in [0.3, 0.4) is 0 Å². The molecule has 18 heavy (non-hydrogen) atoms. The topological polar surface area (TPSA) is 67.6 Å². The maximum absolute atomic E-state index is 11.5. The molecule has 0 bridgehead atoms. The zero-order valence-electron chi connectivity index (χ0n) is 11.9. The Bertz CT molecular complexity index is 265. The monoisotopic (exact) mass is 257 g/mol. The fourth-order valence-electron chi connectivity index (χ4n) is 2.44. The van der Waals surface area contributed by atoms with Crippen LogP contribution in [0.25, 0.3) is 0 Å². The summed E-state index contributed by atoms with van der Waals surface area (Å²) in [5.41, 5.74) is 4.89. The van der Waals surface area contributed by atoms with Gasteiger partial charge in [0.05, 0.1) is 11.6 Å². The van der Waals surface area contributed by atoms with Crippen LogP contribution in [0.4, 0.5) is 0 Å². The van der Waals surface area contributed by atoms with Crippen molar-refractivity contribution in [2.24, 2.45) is 5.73 Å². The Balaban J connectivity index is 2.37. The van der Waals surface area contributed by atoms with E-state index in [0.717, 1.165) is 45.4 Å². The molecule has 1 heterocycles. The number of methoxy groups -OCH3 is 1. The predicted octanol–water partition coefficient (Wildman–Crippen LogP) is 0.341. The minimum atomic E-state index is -0.590. The zero-order chi connectivity index (χ0) is 13.6. The van der Waals surface area contributed by atoms with Crippen molar-refractivity contribution < 1.29 is 9.53 Å². The third-order valence-electron chi connectivity index (χ3n) is 3.91. The highest BCUT2D eigenvalue weighted by atomic mass is 16.5. The number of likely N-dealkylation sites (tertiary alicyclic amines) is 1. The molecule has 0 spiro atoms. The number of carbonyl (C=O) groups excluding carboxylic acids is 1. The fourth-order valence-corrected chi connectivity index (χ4v) is 2.44. The van der Waals surface area contributed by atoms with Gasteiger partial charge in [0.1, 0.15) is 0 Å². The fraction of sp³-hybridized carbons (Fsp3) is 0.923. The molecule has 1 fully saturated rings. The standard InChI is InChI=1S/C13H27N3O2/c1-4-15-13(2,12(14)17)7-10-16-8-5-11(18-3)6-9-16/h11,15H,4-10H2,1-3H3,(H2,14,17). The Morgan fingerprint density at radius 1 is 1.50 bits per heavy atom. The molecule has 0 aromatic rings. The molecule has 1 aliphatic rings. The first kappa shape index (κ1) is 15.4. The highest BCUT2D eigenvalue weighted by Gasteiger charge is 2.30. The zero-order valence-corrected chi connectivity index (χ0v) is 11.9. The van der Waals surface area contributed by atoms with Crippen LogP contribution < -0.4 is 11.1 Å². The molecule has 5 heteroatoms. The lowest BCUT2D eigenvalue weighted by molar-refractivity contribution is -0.124. The maximum atomic E-state index is 11.5. The van der Waals surface area contributed by atoms with E-state index in [1.165, 1.54) is 0 Å². The summed E-state index contributed by atoms with van der Waals surface area (Å²) in [6, 6.07) is 0. The Morgan fingerprint density at radius 2 is 2.11 bits per heavy atom. The summed E-state index contributed by atoms with van der Waals surface area (Å²) in [5.74, 6) is -0.267. The van der Waals surface area contributed by atoms with Crippen molar-refractivity contribution in [1.82, 2.24) is 10.2 Å². The lowest BCUT2D eigenvalue weighted by atomic mass is 9.95. The molecule has 1 unspecified atom stereocenters. The van der Waals surface area contributed by atoms with Crippen LogP contribution in [0.15, 0.2) is 0 Å². The van der Waals surface area contributed by atoms with Crippen LogP contribution in [0.5, 0.6) is 0 Å². The molecule has 106 valence electrons. The van der Waals surface area contributed by atoms with E-state index in [1.54, 1.807) is 7.11 Å². The van der Waals surface area contributed by atoms with Gasteiger partial charge in [-0.3, -0.25) is 4.79 Å². The number of hydrogen-bond donors (Lipinski definition) is 2. The molecule has 3 N–H and O–H groups in total. The highest BCUT2D eigenvalue weighted by Crippen LogP contribution is 2.16. The van der Waals surface area contributed by atoms with Crippen LogP contribution >= 0.6 is 0 Å². The lowest BCUT2D eigenvalue weighted by Gasteiger charge is -2.34. The van der Waals surface area contributed by atoms with Crippen LogP contribution in [-0.2, 0) is 9.53 Å². The number of nitrogens with zero attached hydrogens (tertiary/aromatic N) is 1. The molecular weight excluding hydrogens is 230 g/mol. The van der Waals surface area contributed by atoms with Crippen LogP contribution in [0.1, 0.15) is 33.1 Å². The molecular formula is C13H27N3O2. The first-order valence-electron chi connectivity index (χ1n) is 6.82. The van der Waals surface area contributed by atoms with E-state index < -0.39 is 5.54 Å². The molecule has 1 rings (SSSR count). The summed E-state index contributed by atoms with van der Waals surface area (Å²) in [6.45, 7) is 7.62. The van der Waals surface area contributed by atoms with Crippen molar-refractivity contribution in [3.05, 3.63) is 0 Å². The summed E-state index contributed by atoms with van der Waals surface area (Å²) in [4.78, 5) is 13.9. The number of rotatable bonds is 7. The Labute approximate surface area is 110 Å². The van der Waals surface area contributed by atoms with E-state index in [-0.39, 0.29) is 5.91 Å². The van der Waals surface area contributed by atoms with Gasteiger partial charge in [0.2, 0.25) is 5.91 Å². The number of nitrogens with two attached hydrogens (primary N) is 1. The number of likely N-dealkylation sites (N-methyl/N-ethyl adjacent to an activating group) is 1. The van der Waals surface area contributed by atoms with E-state index in [0.29, 0.717) is 6.10 Å². The van der Waals surface area contributed by atoms with E-state index >= 15 is 0 Å². The average Bonchev–Trinajstić information content (AvgIpc) is 2.37.